The van der Waals surface area contributed by atoms with Crippen molar-refractivity contribution < 1.29 is 4.79 Å². The van der Waals surface area contributed by atoms with Gasteiger partial charge in [-0.05, 0) is 25.7 Å². The van der Waals surface area contributed by atoms with E-state index in [2.05, 4.69) is 26.1 Å². The fraction of sp³-hybridized carbons (Fsp3) is 0.909. The zero-order valence-electron chi connectivity index (χ0n) is 10.1. The third kappa shape index (κ3) is 6.89. The summed E-state index contributed by atoms with van der Waals surface area (Å²) in [4.78, 5) is 11.4. The van der Waals surface area contributed by atoms with Crippen LogP contribution in [-0.2, 0) is 4.79 Å². The van der Waals surface area contributed by atoms with E-state index in [-0.39, 0.29) is 11.3 Å². The van der Waals surface area contributed by atoms with Gasteiger partial charge in [-0.1, -0.05) is 20.8 Å². The maximum absolute atomic E-state index is 11.4. The topological polar surface area (TPSA) is 55.1 Å². The molecule has 0 bridgehead atoms. The molecule has 0 fully saturated rings. The first-order valence-electron chi connectivity index (χ1n) is 5.22. The Morgan fingerprint density at radius 2 is 1.79 bits per heavy atom. The van der Waals surface area contributed by atoms with Gasteiger partial charge >= 0.3 is 0 Å². The van der Waals surface area contributed by atoms with Crippen LogP contribution in [-0.4, -0.2) is 18.0 Å². The van der Waals surface area contributed by atoms with E-state index in [4.69, 9.17) is 5.73 Å². The molecule has 84 valence electrons. The number of rotatable bonds is 5. The standard InChI is InChI=1S/C11H24N2O/c1-6-10(2,3)8-13-9(14)7-11(4,5)12/h6-8,12H2,1-5H3,(H,13,14). The molecule has 0 aromatic carbocycles. The van der Waals surface area contributed by atoms with Crippen molar-refractivity contribution in [1.29, 1.82) is 0 Å². The van der Waals surface area contributed by atoms with Gasteiger partial charge in [0.2, 0.25) is 5.91 Å². The second kappa shape index (κ2) is 4.78. The van der Waals surface area contributed by atoms with E-state index in [0.29, 0.717) is 6.42 Å². The third-order valence-corrected chi connectivity index (χ3v) is 2.34. The normalized spacial score (nSPS) is 12.7. The van der Waals surface area contributed by atoms with E-state index < -0.39 is 5.54 Å². The highest BCUT2D eigenvalue weighted by Gasteiger charge is 2.19. The largest absolute Gasteiger partial charge is 0.356 e. The van der Waals surface area contributed by atoms with Crippen molar-refractivity contribution in [2.45, 2.75) is 53.0 Å². The first kappa shape index (κ1) is 13.4. The molecule has 0 saturated heterocycles. The lowest BCUT2D eigenvalue weighted by atomic mass is 9.90. The summed E-state index contributed by atoms with van der Waals surface area (Å²) in [6, 6.07) is 0. The second-order valence-corrected chi connectivity index (χ2v) is 5.46. The van der Waals surface area contributed by atoms with Gasteiger partial charge in [-0.15, -0.1) is 0 Å². The van der Waals surface area contributed by atoms with Gasteiger partial charge in [0.15, 0.2) is 0 Å². The van der Waals surface area contributed by atoms with Crippen molar-refractivity contribution in [1.82, 2.24) is 5.32 Å². The lowest BCUT2D eigenvalue weighted by molar-refractivity contribution is -0.122. The number of hydrogen-bond acceptors (Lipinski definition) is 2. The monoisotopic (exact) mass is 200 g/mol. The Kier molecular flexibility index (Phi) is 4.59. The van der Waals surface area contributed by atoms with E-state index in [1.165, 1.54) is 0 Å². The zero-order valence-corrected chi connectivity index (χ0v) is 10.1. The SMILES string of the molecule is CCC(C)(C)CNC(=O)CC(C)(C)N. The van der Waals surface area contributed by atoms with Gasteiger partial charge in [0.1, 0.15) is 0 Å². The fourth-order valence-corrected chi connectivity index (χ4v) is 0.939. The molecule has 0 heterocycles. The van der Waals surface area contributed by atoms with Crippen LogP contribution in [0.3, 0.4) is 0 Å². The van der Waals surface area contributed by atoms with Gasteiger partial charge < -0.3 is 11.1 Å². The molecule has 3 N–H and O–H groups in total. The van der Waals surface area contributed by atoms with Crippen LogP contribution >= 0.6 is 0 Å². The molecule has 0 aliphatic heterocycles. The van der Waals surface area contributed by atoms with Crippen LogP contribution in [0.4, 0.5) is 0 Å². The van der Waals surface area contributed by atoms with E-state index in [0.717, 1.165) is 13.0 Å². The summed E-state index contributed by atoms with van der Waals surface area (Å²) in [6.07, 6.45) is 1.44. The van der Waals surface area contributed by atoms with E-state index >= 15 is 0 Å². The summed E-state index contributed by atoms with van der Waals surface area (Å²) >= 11 is 0. The number of hydrogen-bond donors (Lipinski definition) is 2. The Morgan fingerprint density at radius 1 is 1.29 bits per heavy atom. The minimum atomic E-state index is -0.416. The predicted octanol–water partition coefficient (Wildman–Crippen LogP) is 1.67. The summed E-state index contributed by atoms with van der Waals surface area (Å²) < 4.78 is 0. The summed E-state index contributed by atoms with van der Waals surface area (Å²) in [5.74, 6) is 0.0408. The number of nitrogens with one attached hydrogen (secondary N) is 1. The fourth-order valence-electron chi connectivity index (χ4n) is 0.939. The molecule has 0 aromatic rings. The summed E-state index contributed by atoms with van der Waals surface area (Å²) in [7, 11) is 0. The molecule has 0 aliphatic rings. The maximum atomic E-state index is 11.4. The van der Waals surface area contributed by atoms with Crippen molar-refractivity contribution in [3.63, 3.8) is 0 Å². The highest BCUT2D eigenvalue weighted by molar-refractivity contribution is 5.77. The molecule has 0 aliphatic carbocycles. The molecule has 0 aromatic heterocycles. The van der Waals surface area contributed by atoms with Gasteiger partial charge in [-0.3, -0.25) is 4.79 Å². The van der Waals surface area contributed by atoms with Crippen molar-refractivity contribution in [2.75, 3.05) is 6.54 Å². The molecule has 0 atom stereocenters. The summed E-state index contributed by atoms with van der Waals surface area (Å²) in [5.41, 5.74) is 5.51. The van der Waals surface area contributed by atoms with E-state index in [1.807, 2.05) is 13.8 Å². The number of nitrogens with two attached hydrogens (primary N) is 1. The minimum Gasteiger partial charge on any atom is -0.356 e. The molecule has 14 heavy (non-hydrogen) atoms. The highest BCUT2D eigenvalue weighted by atomic mass is 16.1. The third-order valence-electron chi connectivity index (χ3n) is 2.34. The maximum Gasteiger partial charge on any atom is 0.221 e. The van der Waals surface area contributed by atoms with Crippen LogP contribution in [0, 0.1) is 5.41 Å². The second-order valence-electron chi connectivity index (χ2n) is 5.46. The quantitative estimate of drug-likeness (QED) is 0.709. The Balaban J connectivity index is 3.87. The van der Waals surface area contributed by atoms with Crippen LogP contribution in [0.25, 0.3) is 0 Å². The molecule has 0 saturated carbocycles. The van der Waals surface area contributed by atoms with Crippen LogP contribution in [0.1, 0.15) is 47.5 Å². The zero-order chi connectivity index (χ0) is 11.4. The van der Waals surface area contributed by atoms with Crippen LogP contribution in [0.5, 0.6) is 0 Å². The van der Waals surface area contributed by atoms with Gasteiger partial charge in [0, 0.05) is 18.5 Å². The van der Waals surface area contributed by atoms with Gasteiger partial charge in [-0.2, -0.15) is 0 Å². The van der Waals surface area contributed by atoms with Gasteiger partial charge in [-0.25, -0.2) is 0 Å². The smallest absolute Gasteiger partial charge is 0.221 e. The van der Waals surface area contributed by atoms with Crippen LogP contribution in [0.2, 0.25) is 0 Å². The molecule has 0 unspecified atom stereocenters. The molecular formula is C11H24N2O. The van der Waals surface area contributed by atoms with Crippen molar-refractivity contribution in [3.05, 3.63) is 0 Å². The van der Waals surface area contributed by atoms with Crippen molar-refractivity contribution in [2.24, 2.45) is 11.1 Å². The van der Waals surface area contributed by atoms with E-state index in [9.17, 15) is 4.79 Å². The molecule has 0 radical (unpaired) electrons. The van der Waals surface area contributed by atoms with Crippen molar-refractivity contribution in [3.8, 4) is 0 Å². The molecule has 3 nitrogen and oxygen atoms in total. The first-order chi connectivity index (χ1) is 6.16. The highest BCUT2D eigenvalue weighted by Crippen LogP contribution is 2.17. The number of carbonyl (C=O) groups excluding carboxylic acids is 1. The Morgan fingerprint density at radius 3 is 2.14 bits per heavy atom. The Labute approximate surface area is 87.4 Å². The predicted molar refractivity (Wildman–Crippen MR) is 60.0 cm³/mol. The molecule has 3 heteroatoms. The van der Waals surface area contributed by atoms with Gasteiger partial charge in [0.05, 0.1) is 0 Å². The number of carbonyl (C=O) groups is 1. The molecule has 0 rings (SSSR count). The lowest BCUT2D eigenvalue weighted by Gasteiger charge is -2.24. The average molecular weight is 200 g/mol. The van der Waals surface area contributed by atoms with E-state index in [1.54, 1.807) is 0 Å². The lowest BCUT2D eigenvalue weighted by Crippen LogP contribution is -2.41. The van der Waals surface area contributed by atoms with Gasteiger partial charge in [0.25, 0.3) is 0 Å². The molecule has 1 amide bonds. The number of amides is 1. The van der Waals surface area contributed by atoms with Crippen LogP contribution in [0.15, 0.2) is 0 Å². The average Bonchev–Trinajstić information content (AvgIpc) is 1.98. The summed E-state index contributed by atoms with van der Waals surface area (Å²) in [6.45, 7) is 10.8. The Bertz CT molecular complexity index is 192. The van der Waals surface area contributed by atoms with Crippen LogP contribution < -0.4 is 11.1 Å². The molecular weight excluding hydrogens is 176 g/mol. The van der Waals surface area contributed by atoms with Crippen molar-refractivity contribution >= 4 is 5.91 Å². The summed E-state index contributed by atoms with van der Waals surface area (Å²) in [5, 5.41) is 2.91. The minimum absolute atomic E-state index is 0.0408. The Hall–Kier alpha value is -0.570. The first-order valence-corrected chi connectivity index (χ1v) is 5.22. The molecule has 0 spiro atoms.